The fourth-order valence-corrected chi connectivity index (χ4v) is 6.63. The fraction of sp³-hybridized carbons (Fsp3) is 0.344. The Labute approximate surface area is 213 Å². The van der Waals surface area contributed by atoms with E-state index in [4.69, 9.17) is 4.42 Å². The lowest BCUT2D eigenvalue weighted by Crippen LogP contribution is -2.61. The minimum absolute atomic E-state index is 0.348. The highest BCUT2D eigenvalue weighted by Crippen LogP contribution is 2.42. The first-order valence-electron chi connectivity index (χ1n) is 13.3. The van der Waals surface area contributed by atoms with Crippen LogP contribution < -0.4 is 0 Å². The van der Waals surface area contributed by atoms with Gasteiger partial charge in [-0.15, -0.1) is 0 Å². The van der Waals surface area contributed by atoms with E-state index >= 15 is 0 Å². The van der Waals surface area contributed by atoms with Crippen molar-refractivity contribution in [1.29, 1.82) is 0 Å². The molecular formula is C32H35N2O2+. The molecule has 3 aromatic carbocycles. The Hall–Kier alpha value is -3.21. The molecule has 184 valence electrons. The minimum Gasteiger partial charge on any atom is -0.436 e. The van der Waals surface area contributed by atoms with Crippen molar-refractivity contribution in [3.05, 3.63) is 126 Å². The Kier molecular flexibility index (Phi) is 6.24. The fourth-order valence-electron chi connectivity index (χ4n) is 6.63. The molecule has 7 rings (SSSR count). The van der Waals surface area contributed by atoms with Gasteiger partial charge >= 0.3 is 0 Å². The first kappa shape index (κ1) is 23.2. The molecule has 1 unspecified atom stereocenters. The number of oxazole rings is 1. The van der Waals surface area contributed by atoms with E-state index in [2.05, 4.69) is 35.3 Å². The van der Waals surface area contributed by atoms with Gasteiger partial charge in [-0.2, -0.15) is 0 Å². The zero-order valence-electron chi connectivity index (χ0n) is 20.8. The molecule has 3 saturated heterocycles. The number of nitrogens with zero attached hydrogens (tertiary/aromatic N) is 2. The van der Waals surface area contributed by atoms with Crippen molar-refractivity contribution in [3.8, 4) is 0 Å². The number of piperidine rings is 3. The smallest absolute Gasteiger partial charge is 0.236 e. The summed E-state index contributed by atoms with van der Waals surface area (Å²) in [5, 5.41) is 12.0. The summed E-state index contributed by atoms with van der Waals surface area (Å²) >= 11 is 0. The highest BCUT2D eigenvalue weighted by molar-refractivity contribution is 5.41. The quantitative estimate of drug-likeness (QED) is 0.318. The van der Waals surface area contributed by atoms with Gasteiger partial charge in [0.1, 0.15) is 6.54 Å². The highest BCUT2D eigenvalue weighted by atomic mass is 16.4. The van der Waals surface area contributed by atoms with E-state index in [1.807, 2.05) is 66.9 Å². The van der Waals surface area contributed by atoms with E-state index in [1.54, 1.807) is 0 Å². The third-order valence-electron chi connectivity index (χ3n) is 8.62. The van der Waals surface area contributed by atoms with Crippen molar-refractivity contribution in [2.45, 2.75) is 37.8 Å². The topological polar surface area (TPSA) is 46.3 Å². The molecule has 4 aromatic rings. The van der Waals surface area contributed by atoms with Crippen LogP contribution in [0.3, 0.4) is 0 Å². The summed E-state index contributed by atoms with van der Waals surface area (Å²) in [7, 11) is 0. The lowest BCUT2D eigenvalue weighted by atomic mass is 9.74. The maximum absolute atomic E-state index is 12.0. The molecule has 1 aromatic heterocycles. The molecule has 0 aliphatic carbocycles. The summed E-state index contributed by atoms with van der Waals surface area (Å²) < 4.78 is 7.48. The van der Waals surface area contributed by atoms with E-state index in [1.165, 1.54) is 44.5 Å². The van der Waals surface area contributed by atoms with Crippen molar-refractivity contribution in [3.63, 3.8) is 0 Å². The van der Waals surface area contributed by atoms with Gasteiger partial charge in [-0.05, 0) is 35.4 Å². The average molecular weight is 480 g/mol. The SMILES string of the molecule is OC(c1ccccc1)(c1ccccc1)c1ncc(C[N+]23CCC(CC2)C(CCc2ccccc2)C3)o1. The van der Waals surface area contributed by atoms with Crippen molar-refractivity contribution < 1.29 is 14.0 Å². The molecule has 3 aliphatic heterocycles. The third-order valence-corrected chi connectivity index (χ3v) is 8.62. The van der Waals surface area contributed by atoms with Gasteiger partial charge < -0.3 is 14.0 Å². The zero-order chi connectivity index (χ0) is 24.4. The van der Waals surface area contributed by atoms with Gasteiger partial charge in [-0.1, -0.05) is 91.0 Å². The van der Waals surface area contributed by atoms with Crippen molar-refractivity contribution >= 4 is 0 Å². The van der Waals surface area contributed by atoms with E-state index in [0.717, 1.165) is 46.2 Å². The molecule has 3 aliphatic rings. The number of rotatable bonds is 8. The van der Waals surface area contributed by atoms with Crippen LogP contribution in [-0.4, -0.2) is 34.2 Å². The third kappa shape index (κ3) is 4.40. The van der Waals surface area contributed by atoms with E-state index in [0.29, 0.717) is 5.89 Å². The second kappa shape index (κ2) is 9.68. The van der Waals surface area contributed by atoms with Crippen LogP contribution in [0.1, 0.15) is 47.6 Å². The molecular weight excluding hydrogens is 444 g/mol. The Morgan fingerprint density at radius 3 is 2.03 bits per heavy atom. The first-order valence-corrected chi connectivity index (χ1v) is 13.3. The molecule has 0 amide bonds. The molecule has 36 heavy (non-hydrogen) atoms. The van der Waals surface area contributed by atoms with E-state index < -0.39 is 5.60 Å². The number of aliphatic hydroxyl groups is 1. The summed E-state index contributed by atoms with van der Waals surface area (Å²) in [4.78, 5) is 4.65. The molecule has 0 saturated carbocycles. The monoisotopic (exact) mass is 479 g/mol. The second-order valence-corrected chi connectivity index (χ2v) is 10.8. The zero-order valence-corrected chi connectivity index (χ0v) is 20.8. The van der Waals surface area contributed by atoms with Crippen LogP contribution in [0, 0.1) is 11.8 Å². The van der Waals surface area contributed by atoms with Crippen molar-refractivity contribution in [2.24, 2.45) is 11.8 Å². The molecule has 3 fully saturated rings. The van der Waals surface area contributed by atoms with Gasteiger partial charge in [0.15, 0.2) is 11.4 Å². The van der Waals surface area contributed by atoms with E-state index in [-0.39, 0.29) is 0 Å². The van der Waals surface area contributed by atoms with Gasteiger partial charge in [0.2, 0.25) is 5.89 Å². The van der Waals surface area contributed by atoms with Crippen LogP contribution in [0.25, 0.3) is 0 Å². The van der Waals surface area contributed by atoms with Crippen LogP contribution >= 0.6 is 0 Å². The Balaban J connectivity index is 1.23. The van der Waals surface area contributed by atoms with E-state index in [9.17, 15) is 5.11 Å². The van der Waals surface area contributed by atoms with Gasteiger partial charge in [0.25, 0.3) is 0 Å². The number of benzene rings is 3. The number of aromatic nitrogens is 1. The molecule has 1 N–H and O–H groups in total. The predicted molar refractivity (Wildman–Crippen MR) is 141 cm³/mol. The molecule has 2 bridgehead atoms. The van der Waals surface area contributed by atoms with Crippen LogP contribution in [-0.2, 0) is 18.6 Å². The lowest BCUT2D eigenvalue weighted by Gasteiger charge is -2.52. The van der Waals surface area contributed by atoms with Gasteiger partial charge in [-0.25, -0.2) is 4.98 Å². The number of hydrogen-bond acceptors (Lipinski definition) is 3. The molecule has 4 heteroatoms. The van der Waals surface area contributed by atoms with Crippen LogP contribution in [0.15, 0.2) is 102 Å². The van der Waals surface area contributed by atoms with Crippen molar-refractivity contribution in [1.82, 2.24) is 4.98 Å². The molecule has 4 heterocycles. The van der Waals surface area contributed by atoms with Crippen LogP contribution in [0.4, 0.5) is 0 Å². The maximum Gasteiger partial charge on any atom is 0.236 e. The lowest BCUT2D eigenvalue weighted by molar-refractivity contribution is -0.960. The average Bonchev–Trinajstić information content (AvgIpc) is 3.42. The Morgan fingerprint density at radius 2 is 1.42 bits per heavy atom. The summed E-state index contributed by atoms with van der Waals surface area (Å²) in [6.07, 6.45) is 6.88. The largest absolute Gasteiger partial charge is 0.436 e. The predicted octanol–water partition coefficient (Wildman–Crippen LogP) is 5.95. The van der Waals surface area contributed by atoms with Gasteiger partial charge in [0, 0.05) is 18.8 Å². The molecule has 4 nitrogen and oxygen atoms in total. The standard InChI is InChI=1S/C32H35N2O2/c35-32(28-12-6-2-7-13-28,29-14-8-3-9-15-29)31-33-22-30(36-31)24-34-20-18-26(19-21-34)27(23-34)17-16-25-10-4-1-5-11-25/h1-15,22,26-27,35H,16-21,23-24H2/q+1. The number of hydrogen-bond donors (Lipinski definition) is 1. The van der Waals surface area contributed by atoms with Crippen molar-refractivity contribution in [2.75, 3.05) is 19.6 Å². The molecule has 0 radical (unpaired) electrons. The van der Waals surface area contributed by atoms with Crippen LogP contribution in [0.2, 0.25) is 0 Å². The highest BCUT2D eigenvalue weighted by Gasteiger charge is 2.46. The first-order chi connectivity index (χ1) is 17.6. The summed E-state index contributed by atoms with van der Waals surface area (Å²) in [5.74, 6) is 2.85. The normalized spacial score (nSPS) is 23.6. The number of quaternary nitrogens is 1. The number of aryl methyl sites for hydroxylation is 1. The Bertz CT molecular complexity index is 1220. The minimum atomic E-state index is -1.42. The van der Waals surface area contributed by atoms with Gasteiger partial charge in [-0.3, -0.25) is 0 Å². The molecule has 1 atom stereocenters. The second-order valence-electron chi connectivity index (χ2n) is 10.8. The van der Waals surface area contributed by atoms with Crippen LogP contribution in [0.5, 0.6) is 0 Å². The summed E-state index contributed by atoms with van der Waals surface area (Å²) in [6.45, 7) is 4.49. The Morgan fingerprint density at radius 1 is 0.833 bits per heavy atom. The molecule has 0 spiro atoms. The van der Waals surface area contributed by atoms with Gasteiger partial charge in [0.05, 0.1) is 25.8 Å². The number of fused-ring (bicyclic) bond motifs is 3. The summed E-state index contributed by atoms with van der Waals surface area (Å²) in [6, 6.07) is 30.3. The summed E-state index contributed by atoms with van der Waals surface area (Å²) in [5.41, 5.74) is 1.54. The maximum atomic E-state index is 12.0.